The topological polar surface area (TPSA) is 111 Å². The van der Waals surface area contributed by atoms with Crippen LogP contribution >= 0.6 is 0 Å². The standard InChI is InChI=1S/C14H16N2O6/c1-2-21-13(18)12(16-20)11(17)8-15-14(19)22-9-10-6-4-3-5-7-10/h3-7,12H,2,8-9H2,1H3,(H,15,19). The van der Waals surface area contributed by atoms with Crippen molar-refractivity contribution in [1.29, 1.82) is 0 Å². The molecule has 0 heterocycles. The molecular formula is C14H16N2O6. The maximum Gasteiger partial charge on any atom is 0.407 e. The molecule has 0 saturated carbocycles. The molecule has 8 nitrogen and oxygen atoms in total. The van der Waals surface area contributed by atoms with Crippen LogP contribution < -0.4 is 5.32 Å². The Kier molecular flexibility index (Phi) is 7.24. The molecule has 0 aliphatic carbocycles. The van der Waals surface area contributed by atoms with E-state index in [-0.39, 0.29) is 13.2 Å². The van der Waals surface area contributed by atoms with E-state index in [9.17, 15) is 19.3 Å². The van der Waals surface area contributed by atoms with Gasteiger partial charge in [0.05, 0.1) is 13.2 Å². The molecule has 22 heavy (non-hydrogen) atoms. The van der Waals surface area contributed by atoms with Crippen LogP contribution in [-0.4, -0.2) is 37.0 Å². The number of nitroso groups, excluding NO2 is 1. The minimum Gasteiger partial charge on any atom is -0.464 e. The third-order valence-corrected chi connectivity index (χ3v) is 2.54. The summed E-state index contributed by atoms with van der Waals surface area (Å²) in [5.74, 6) is -1.91. The molecule has 1 aromatic carbocycles. The number of amides is 1. The number of Topliss-reactive ketones (excluding diaryl/α,β-unsaturated/α-hetero) is 1. The zero-order valence-electron chi connectivity index (χ0n) is 12.0. The lowest BCUT2D eigenvalue weighted by Gasteiger charge is -2.09. The van der Waals surface area contributed by atoms with Crippen molar-refractivity contribution in [3.8, 4) is 0 Å². The molecule has 1 unspecified atom stereocenters. The Hall–Kier alpha value is -2.77. The summed E-state index contributed by atoms with van der Waals surface area (Å²) in [6, 6.07) is 7.16. The maximum absolute atomic E-state index is 11.6. The van der Waals surface area contributed by atoms with Crippen molar-refractivity contribution in [3.05, 3.63) is 40.8 Å². The highest BCUT2D eigenvalue weighted by atomic mass is 16.5. The van der Waals surface area contributed by atoms with Gasteiger partial charge in [-0.2, -0.15) is 0 Å². The van der Waals surface area contributed by atoms with Gasteiger partial charge in [0.2, 0.25) is 6.04 Å². The van der Waals surface area contributed by atoms with Gasteiger partial charge in [0, 0.05) is 0 Å². The van der Waals surface area contributed by atoms with E-state index in [1.54, 1.807) is 24.3 Å². The van der Waals surface area contributed by atoms with E-state index in [0.717, 1.165) is 5.56 Å². The summed E-state index contributed by atoms with van der Waals surface area (Å²) in [4.78, 5) is 44.8. The Morgan fingerprint density at radius 3 is 2.45 bits per heavy atom. The number of ketones is 1. The molecule has 1 aromatic rings. The van der Waals surface area contributed by atoms with Gasteiger partial charge >= 0.3 is 12.1 Å². The normalized spacial score (nSPS) is 11.1. The molecule has 1 amide bonds. The second kappa shape index (κ2) is 9.22. The number of carbonyl (C=O) groups excluding carboxylic acids is 3. The first-order chi connectivity index (χ1) is 10.6. The number of hydrogen-bond acceptors (Lipinski definition) is 7. The lowest BCUT2D eigenvalue weighted by molar-refractivity contribution is -0.147. The quantitative estimate of drug-likeness (QED) is 0.438. The smallest absolute Gasteiger partial charge is 0.407 e. The first-order valence-electron chi connectivity index (χ1n) is 6.54. The van der Waals surface area contributed by atoms with Crippen molar-refractivity contribution < 1.29 is 23.9 Å². The van der Waals surface area contributed by atoms with Crippen LogP contribution in [0.1, 0.15) is 12.5 Å². The largest absolute Gasteiger partial charge is 0.464 e. The van der Waals surface area contributed by atoms with Crippen molar-refractivity contribution in [3.63, 3.8) is 0 Å². The third-order valence-electron chi connectivity index (χ3n) is 2.54. The minimum absolute atomic E-state index is 0.0185. The fourth-order valence-corrected chi connectivity index (χ4v) is 1.48. The number of alkyl carbamates (subject to hydrolysis) is 1. The van der Waals surface area contributed by atoms with Crippen molar-refractivity contribution in [2.45, 2.75) is 19.6 Å². The van der Waals surface area contributed by atoms with Crippen molar-refractivity contribution in [2.24, 2.45) is 5.18 Å². The molecule has 1 rings (SSSR count). The lowest BCUT2D eigenvalue weighted by atomic mass is 10.2. The Morgan fingerprint density at radius 2 is 1.86 bits per heavy atom. The van der Waals surface area contributed by atoms with Gasteiger partial charge in [0.15, 0.2) is 5.78 Å². The summed E-state index contributed by atoms with van der Waals surface area (Å²) < 4.78 is 9.40. The summed E-state index contributed by atoms with van der Waals surface area (Å²) in [6.07, 6.45) is -0.842. The van der Waals surface area contributed by atoms with Crippen LogP contribution in [0.3, 0.4) is 0 Å². The predicted molar refractivity (Wildman–Crippen MR) is 75.9 cm³/mol. The second-order valence-electron chi connectivity index (χ2n) is 4.14. The van der Waals surface area contributed by atoms with E-state index in [4.69, 9.17) is 4.74 Å². The van der Waals surface area contributed by atoms with Gasteiger partial charge in [-0.05, 0) is 17.7 Å². The molecule has 0 aliphatic heterocycles. The molecule has 1 N–H and O–H groups in total. The Morgan fingerprint density at radius 1 is 1.18 bits per heavy atom. The van der Waals surface area contributed by atoms with Gasteiger partial charge in [-0.15, -0.1) is 4.91 Å². The van der Waals surface area contributed by atoms with E-state index in [1.165, 1.54) is 6.92 Å². The van der Waals surface area contributed by atoms with Crippen LogP contribution in [0.4, 0.5) is 4.79 Å². The SMILES string of the molecule is CCOC(=O)C(N=O)C(=O)CNC(=O)OCc1ccccc1. The van der Waals surface area contributed by atoms with Crippen molar-refractivity contribution in [1.82, 2.24) is 5.32 Å². The molecule has 1 atom stereocenters. The predicted octanol–water partition coefficient (Wildman–Crippen LogP) is 1.18. The highest BCUT2D eigenvalue weighted by molar-refractivity contribution is 6.04. The van der Waals surface area contributed by atoms with E-state index < -0.39 is 30.4 Å². The summed E-state index contributed by atoms with van der Waals surface area (Å²) in [5, 5.41) is 4.56. The summed E-state index contributed by atoms with van der Waals surface area (Å²) in [7, 11) is 0. The number of benzene rings is 1. The number of carbonyl (C=O) groups is 3. The van der Waals surface area contributed by atoms with Crippen LogP contribution in [-0.2, 0) is 25.7 Å². The molecule has 0 aliphatic rings. The van der Waals surface area contributed by atoms with Crippen LogP contribution in [0.15, 0.2) is 35.5 Å². The first kappa shape index (κ1) is 17.3. The van der Waals surface area contributed by atoms with Crippen molar-refractivity contribution in [2.75, 3.05) is 13.2 Å². The fourth-order valence-electron chi connectivity index (χ4n) is 1.48. The van der Waals surface area contributed by atoms with Gasteiger partial charge in [0.25, 0.3) is 0 Å². The average Bonchev–Trinajstić information content (AvgIpc) is 2.53. The summed E-state index contributed by atoms with van der Waals surface area (Å²) >= 11 is 0. The molecule has 0 bridgehead atoms. The average molecular weight is 308 g/mol. The van der Waals surface area contributed by atoms with E-state index in [1.807, 2.05) is 6.07 Å². The summed E-state index contributed by atoms with van der Waals surface area (Å²) in [6.45, 7) is 1.03. The first-order valence-corrected chi connectivity index (χ1v) is 6.54. The molecule has 0 aromatic heterocycles. The molecule has 0 fully saturated rings. The fraction of sp³-hybridized carbons (Fsp3) is 0.357. The van der Waals surface area contributed by atoms with E-state index in [0.29, 0.717) is 0 Å². The van der Waals surface area contributed by atoms with Crippen LogP contribution in [0.2, 0.25) is 0 Å². The molecule has 118 valence electrons. The van der Waals surface area contributed by atoms with E-state index >= 15 is 0 Å². The number of nitrogens with one attached hydrogen (secondary N) is 1. The molecule has 0 saturated heterocycles. The number of ether oxygens (including phenoxy) is 2. The number of nitrogens with zero attached hydrogens (tertiary/aromatic N) is 1. The van der Waals surface area contributed by atoms with Crippen LogP contribution in [0, 0.1) is 4.91 Å². The zero-order valence-corrected chi connectivity index (χ0v) is 12.0. The van der Waals surface area contributed by atoms with Crippen LogP contribution in [0.25, 0.3) is 0 Å². The van der Waals surface area contributed by atoms with Gasteiger partial charge in [-0.3, -0.25) is 4.79 Å². The highest BCUT2D eigenvalue weighted by Gasteiger charge is 2.29. The maximum atomic E-state index is 11.6. The zero-order chi connectivity index (χ0) is 16.4. The van der Waals surface area contributed by atoms with Crippen molar-refractivity contribution >= 4 is 17.8 Å². The summed E-state index contributed by atoms with van der Waals surface area (Å²) in [5.41, 5.74) is 0.780. The Labute approximate surface area is 126 Å². The monoisotopic (exact) mass is 308 g/mol. The minimum atomic E-state index is -1.78. The molecule has 8 heteroatoms. The third kappa shape index (κ3) is 5.70. The Bertz CT molecular complexity index is 531. The lowest BCUT2D eigenvalue weighted by Crippen LogP contribution is -2.39. The van der Waals surface area contributed by atoms with Gasteiger partial charge in [-0.25, -0.2) is 9.59 Å². The highest BCUT2D eigenvalue weighted by Crippen LogP contribution is 2.01. The number of rotatable bonds is 8. The molecule has 0 radical (unpaired) electrons. The van der Waals surface area contributed by atoms with Gasteiger partial charge < -0.3 is 14.8 Å². The van der Waals surface area contributed by atoms with Gasteiger partial charge in [0.1, 0.15) is 6.61 Å². The molecular weight excluding hydrogens is 292 g/mol. The number of hydrogen-bond donors (Lipinski definition) is 1. The molecule has 0 spiro atoms. The second-order valence-corrected chi connectivity index (χ2v) is 4.14. The van der Waals surface area contributed by atoms with Crippen LogP contribution in [0.5, 0.6) is 0 Å². The van der Waals surface area contributed by atoms with Gasteiger partial charge in [-0.1, -0.05) is 30.3 Å². The Balaban J connectivity index is 2.37. The van der Waals surface area contributed by atoms with E-state index in [2.05, 4.69) is 15.2 Å². The number of esters is 1.